The van der Waals surface area contributed by atoms with Crippen molar-refractivity contribution in [2.24, 2.45) is 11.3 Å². The summed E-state index contributed by atoms with van der Waals surface area (Å²) in [6, 6.07) is -0.0129. The van der Waals surface area contributed by atoms with Crippen LogP contribution in [-0.2, 0) is 14.3 Å². The molecule has 2 aliphatic heterocycles. The SMILES string of the molecule is CC(C)(C)OC(=O)N1CCC[C@H]2C(=O)C3(CCOC3)[C@H]21. The van der Waals surface area contributed by atoms with Gasteiger partial charge in [-0.15, -0.1) is 0 Å². The van der Waals surface area contributed by atoms with Gasteiger partial charge in [-0.3, -0.25) is 4.79 Å². The number of likely N-dealkylation sites (tertiary alicyclic amines) is 1. The monoisotopic (exact) mass is 281 g/mol. The number of carbonyl (C=O) groups excluding carboxylic acids is 2. The van der Waals surface area contributed by atoms with E-state index in [2.05, 4.69) is 0 Å². The van der Waals surface area contributed by atoms with Crippen molar-refractivity contribution < 1.29 is 19.1 Å². The molecule has 1 aliphatic carbocycles. The van der Waals surface area contributed by atoms with Gasteiger partial charge in [0.15, 0.2) is 0 Å². The Bertz CT molecular complexity index is 434. The molecule has 3 aliphatic rings. The van der Waals surface area contributed by atoms with Gasteiger partial charge in [-0.1, -0.05) is 0 Å². The predicted octanol–water partition coefficient (Wildman–Crippen LogP) is 1.99. The average Bonchev–Trinajstić information content (AvgIpc) is 2.87. The summed E-state index contributed by atoms with van der Waals surface area (Å²) in [7, 11) is 0. The highest BCUT2D eigenvalue weighted by Gasteiger charge is 2.66. The van der Waals surface area contributed by atoms with Gasteiger partial charge in [-0.05, 0) is 40.0 Å². The fourth-order valence-electron chi connectivity index (χ4n) is 3.91. The van der Waals surface area contributed by atoms with Gasteiger partial charge in [0.1, 0.15) is 11.4 Å². The van der Waals surface area contributed by atoms with Crippen LogP contribution in [0.5, 0.6) is 0 Å². The van der Waals surface area contributed by atoms with E-state index in [-0.39, 0.29) is 18.1 Å². The highest BCUT2D eigenvalue weighted by atomic mass is 16.6. The first-order valence-corrected chi connectivity index (χ1v) is 7.47. The molecule has 1 amide bonds. The fraction of sp³-hybridized carbons (Fsp3) is 0.867. The molecule has 20 heavy (non-hydrogen) atoms. The van der Waals surface area contributed by atoms with Crippen LogP contribution in [0.3, 0.4) is 0 Å². The second kappa shape index (κ2) is 4.45. The topological polar surface area (TPSA) is 55.8 Å². The summed E-state index contributed by atoms with van der Waals surface area (Å²) < 4.78 is 11.0. The molecule has 112 valence electrons. The number of carbonyl (C=O) groups is 2. The number of nitrogens with zero attached hydrogens (tertiary/aromatic N) is 1. The van der Waals surface area contributed by atoms with Crippen molar-refractivity contribution in [3.05, 3.63) is 0 Å². The number of Topliss-reactive ketones (excluding diaryl/α,β-unsaturated/α-hetero) is 1. The molecule has 1 spiro atoms. The molecule has 1 saturated carbocycles. The molecule has 2 saturated heterocycles. The van der Waals surface area contributed by atoms with E-state index in [0.29, 0.717) is 25.5 Å². The molecule has 0 aromatic heterocycles. The van der Waals surface area contributed by atoms with Crippen LogP contribution in [-0.4, -0.2) is 48.2 Å². The Morgan fingerprint density at radius 1 is 1.45 bits per heavy atom. The van der Waals surface area contributed by atoms with E-state index in [9.17, 15) is 9.59 Å². The molecule has 0 N–H and O–H groups in total. The maximum Gasteiger partial charge on any atom is 0.410 e. The molecule has 5 heteroatoms. The number of rotatable bonds is 0. The molecule has 1 unspecified atom stereocenters. The van der Waals surface area contributed by atoms with Crippen LogP contribution >= 0.6 is 0 Å². The van der Waals surface area contributed by atoms with Crippen LogP contribution in [0.25, 0.3) is 0 Å². The zero-order chi connectivity index (χ0) is 14.5. The molecule has 5 nitrogen and oxygen atoms in total. The molecule has 0 radical (unpaired) electrons. The second-order valence-electron chi connectivity index (χ2n) is 7.19. The molecule has 0 aromatic rings. The first-order chi connectivity index (χ1) is 9.35. The Labute approximate surface area is 119 Å². The maximum atomic E-state index is 12.4. The molecule has 0 bridgehead atoms. The van der Waals surface area contributed by atoms with E-state index in [0.717, 1.165) is 19.3 Å². The Kier molecular flexibility index (Phi) is 3.08. The van der Waals surface area contributed by atoms with Gasteiger partial charge in [-0.25, -0.2) is 4.79 Å². The Morgan fingerprint density at radius 3 is 2.80 bits per heavy atom. The van der Waals surface area contributed by atoms with Crippen molar-refractivity contribution in [2.45, 2.75) is 51.7 Å². The number of ketones is 1. The third-order valence-corrected chi connectivity index (χ3v) is 4.70. The molecular weight excluding hydrogens is 258 g/mol. The van der Waals surface area contributed by atoms with E-state index in [1.807, 2.05) is 20.8 Å². The molecule has 3 atom stereocenters. The van der Waals surface area contributed by atoms with Crippen LogP contribution in [0.2, 0.25) is 0 Å². The number of amides is 1. The summed E-state index contributed by atoms with van der Waals surface area (Å²) in [4.78, 5) is 26.6. The first-order valence-electron chi connectivity index (χ1n) is 7.47. The van der Waals surface area contributed by atoms with Gasteiger partial charge in [0.05, 0.1) is 18.1 Å². The quantitative estimate of drug-likeness (QED) is 0.681. The van der Waals surface area contributed by atoms with E-state index < -0.39 is 11.0 Å². The summed E-state index contributed by atoms with van der Waals surface area (Å²) >= 11 is 0. The van der Waals surface area contributed by atoms with E-state index in [1.54, 1.807) is 4.90 Å². The third kappa shape index (κ3) is 1.94. The zero-order valence-electron chi connectivity index (χ0n) is 12.5. The van der Waals surface area contributed by atoms with Crippen molar-refractivity contribution in [3.63, 3.8) is 0 Å². The lowest BCUT2D eigenvalue weighted by Crippen LogP contribution is -2.71. The number of ether oxygens (including phenoxy) is 2. The predicted molar refractivity (Wildman–Crippen MR) is 72.3 cm³/mol. The molecule has 3 fully saturated rings. The Morgan fingerprint density at radius 2 is 2.20 bits per heavy atom. The summed E-state index contributed by atoms with van der Waals surface area (Å²) in [5.41, 5.74) is -0.945. The largest absolute Gasteiger partial charge is 0.444 e. The van der Waals surface area contributed by atoms with Crippen LogP contribution in [0.4, 0.5) is 4.79 Å². The Hall–Kier alpha value is -1.10. The van der Waals surface area contributed by atoms with Gasteiger partial charge < -0.3 is 14.4 Å². The van der Waals surface area contributed by atoms with E-state index in [4.69, 9.17) is 9.47 Å². The molecule has 0 aromatic carbocycles. The molecule has 2 heterocycles. The van der Waals surface area contributed by atoms with Crippen molar-refractivity contribution in [1.82, 2.24) is 4.90 Å². The number of hydrogen-bond acceptors (Lipinski definition) is 4. The van der Waals surface area contributed by atoms with Crippen molar-refractivity contribution in [3.8, 4) is 0 Å². The number of piperidine rings is 1. The number of fused-ring (bicyclic) bond motifs is 2. The van der Waals surface area contributed by atoms with Gasteiger partial charge in [-0.2, -0.15) is 0 Å². The van der Waals surface area contributed by atoms with Crippen LogP contribution in [0, 0.1) is 11.3 Å². The van der Waals surface area contributed by atoms with Gasteiger partial charge >= 0.3 is 6.09 Å². The minimum atomic E-state index is -0.503. The third-order valence-electron chi connectivity index (χ3n) is 4.70. The van der Waals surface area contributed by atoms with Crippen LogP contribution < -0.4 is 0 Å². The lowest BCUT2D eigenvalue weighted by Gasteiger charge is -2.57. The lowest BCUT2D eigenvalue weighted by molar-refractivity contribution is -0.165. The van der Waals surface area contributed by atoms with Crippen LogP contribution in [0.15, 0.2) is 0 Å². The minimum absolute atomic E-state index is 0.00188. The zero-order valence-corrected chi connectivity index (χ0v) is 12.5. The maximum absolute atomic E-state index is 12.4. The summed E-state index contributed by atoms with van der Waals surface area (Å²) in [6.07, 6.45) is 2.23. The number of hydrogen-bond donors (Lipinski definition) is 0. The summed E-state index contributed by atoms with van der Waals surface area (Å²) in [6.45, 7) is 7.38. The van der Waals surface area contributed by atoms with Gasteiger partial charge in [0.25, 0.3) is 0 Å². The molecule has 3 rings (SSSR count). The van der Waals surface area contributed by atoms with Crippen LogP contribution in [0.1, 0.15) is 40.0 Å². The average molecular weight is 281 g/mol. The minimum Gasteiger partial charge on any atom is -0.444 e. The smallest absolute Gasteiger partial charge is 0.410 e. The summed E-state index contributed by atoms with van der Waals surface area (Å²) in [5, 5.41) is 0. The highest BCUT2D eigenvalue weighted by Crippen LogP contribution is 2.54. The normalized spacial score (nSPS) is 36.8. The first kappa shape index (κ1) is 13.9. The van der Waals surface area contributed by atoms with Crippen molar-refractivity contribution in [2.75, 3.05) is 19.8 Å². The van der Waals surface area contributed by atoms with E-state index >= 15 is 0 Å². The second-order valence-corrected chi connectivity index (χ2v) is 7.19. The van der Waals surface area contributed by atoms with Crippen molar-refractivity contribution in [1.29, 1.82) is 0 Å². The lowest BCUT2D eigenvalue weighted by atomic mass is 9.53. The Balaban J connectivity index is 1.81. The fourth-order valence-corrected chi connectivity index (χ4v) is 3.91. The van der Waals surface area contributed by atoms with Gasteiger partial charge in [0, 0.05) is 19.1 Å². The van der Waals surface area contributed by atoms with E-state index in [1.165, 1.54) is 0 Å². The highest BCUT2D eigenvalue weighted by molar-refractivity contribution is 5.97. The standard InChI is InChI=1S/C15H23NO4/c1-14(2,3)20-13(18)16-7-4-5-10-11(16)15(12(10)17)6-8-19-9-15/h10-11H,4-9H2,1-3H3/t10-,11+,15?/m1/s1. The van der Waals surface area contributed by atoms with Gasteiger partial charge in [0.2, 0.25) is 0 Å². The molecular formula is C15H23NO4. The van der Waals surface area contributed by atoms with Crippen molar-refractivity contribution >= 4 is 11.9 Å². The summed E-state index contributed by atoms with van der Waals surface area (Å²) in [5.74, 6) is 0.297.